The molecule has 184 valence electrons. The van der Waals surface area contributed by atoms with E-state index < -0.39 is 17.5 Å². The molecule has 3 saturated heterocycles. The lowest BCUT2D eigenvalue weighted by molar-refractivity contribution is 0.102. The van der Waals surface area contributed by atoms with Gasteiger partial charge < -0.3 is 20.0 Å². The van der Waals surface area contributed by atoms with Gasteiger partial charge in [-0.2, -0.15) is 0 Å². The normalized spacial score (nSPS) is 19.9. The number of fused-ring (bicyclic) bond motifs is 4. The molecule has 8 nitrogen and oxygen atoms in total. The predicted octanol–water partition coefficient (Wildman–Crippen LogP) is 3.85. The third kappa shape index (κ3) is 5.49. The van der Waals surface area contributed by atoms with Crippen LogP contribution < -0.4 is 10.6 Å². The van der Waals surface area contributed by atoms with Gasteiger partial charge in [0.25, 0.3) is 11.8 Å². The Bertz CT molecular complexity index is 1180. The van der Waals surface area contributed by atoms with Crippen LogP contribution in [0.2, 0.25) is 0 Å². The minimum Gasteiger partial charge on any atom is -0.403 e. The number of aromatic nitrogens is 2. The number of carbonyl (C=O) groups excluding carboxylic acids is 1. The molecule has 4 heterocycles. The van der Waals surface area contributed by atoms with E-state index in [1.54, 1.807) is 6.07 Å². The summed E-state index contributed by atoms with van der Waals surface area (Å²) in [7, 11) is 0. The van der Waals surface area contributed by atoms with Crippen molar-refractivity contribution >= 4 is 17.6 Å². The van der Waals surface area contributed by atoms with Gasteiger partial charge in [-0.15, -0.1) is 5.10 Å². The second-order valence-electron chi connectivity index (χ2n) is 8.93. The first-order chi connectivity index (χ1) is 17.1. The average molecular weight is 483 g/mol. The quantitative estimate of drug-likeness (QED) is 0.472. The molecule has 0 spiro atoms. The Labute approximate surface area is 202 Å². The van der Waals surface area contributed by atoms with Crippen molar-refractivity contribution in [2.75, 3.05) is 49.9 Å². The van der Waals surface area contributed by atoms with Crippen molar-refractivity contribution in [3.05, 3.63) is 59.7 Å². The van der Waals surface area contributed by atoms with E-state index in [4.69, 9.17) is 4.42 Å². The van der Waals surface area contributed by atoms with Gasteiger partial charge in [0, 0.05) is 37.9 Å². The van der Waals surface area contributed by atoms with Crippen molar-refractivity contribution in [3.8, 4) is 11.5 Å². The van der Waals surface area contributed by atoms with Crippen molar-refractivity contribution in [1.29, 1.82) is 0 Å². The predicted molar refractivity (Wildman–Crippen MR) is 128 cm³/mol. The summed E-state index contributed by atoms with van der Waals surface area (Å²) >= 11 is 0. The van der Waals surface area contributed by atoms with E-state index >= 15 is 0 Å². The second kappa shape index (κ2) is 10.5. The molecule has 2 aromatic carbocycles. The Hall–Kier alpha value is -3.37. The Morgan fingerprint density at radius 1 is 1.03 bits per heavy atom. The number of hydrogen-bond acceptors (Lipinski definition) is 7. The maximum Gasteiger partial charge on any atom is 0.315 e. The number of carbonyl (C=O) groups is 1. The molecule has 1 amide bonds. The van der Waals surface area contributed by atoms with E-state index in [9.17, 15) is 13.6 Å². The summed E-state index contributed by atoms with van der Waals surface area (Å²) in [5.41, 5.74) is 0.187. The van der Waals surface area contributed by atoms with Gasteiger partial charge in [-0.3, -0.25) is 9.69 Å². The van der Waals surface area contributed by atoms with Gasteiger partial charge >= 0.3 is 6.01 Å². The molecule has 0 unspecified atom stereocenters. The molecule has 35 heavy (non-hydrogen) atoms. The average Bonchev–Trinajstić information content (AvgIpc) is 3.14. The SMILES string of the molecule is O=C(Nc1ccc(-c2nnc(NCCCN3CCN4CCC3CC4)o2)c(F)c1)c1ccccc1F. The van der Waals surface area contributed by atoms with Crippen LogP contribution in [0.3, 0.4) is 0 Å². The second-order valence-corrected chi connectivity index (χ2v) is 8.93. The molecular formula is C25H28F2N6O2. The van der Waals surface area contributed by atoms with Gasteiger partial charge in [0.1, 0.15) is 11.6 Å². The lowest BCUT2D eigenvalue weighted by atomic mass is 10.1. The van der Waals surface area contributed by atoms with E-state index in [-0.39, 0.29) is 28.7 Å². The van der Waals surface area contributed by atoms with E-state index in [1.165, 1.54) is 56.3 Å². The summed E-state index contributed by atoms with van der Waals surface area (Å²) < 4.78 is 34.1. The van der Waals surface area contributed by atoms with Gasteiger partial charge in [0.05, 0.1) is 11.1 Å². The van der Waals surface area contributed by atoms with E-state index in [0.717, 1.165) is 32.1 Å². The minimum atomic E-state index is -0.662. The van der Waals surface area contributed by atoms with Crippen LogP contribution >= 0.6 is 0 Å². The fraction of sp³-hybridized carbons (Fsp3) is 0.400. The van der Waals surface area contributed by atoms with Crippen LogP contribution in [0.5, 0.6) is 0 Å². The highest BCUT2D eigenvalue weighted by Crippen LogP contribution is 2.26. The summed E-state index contributed by atoms with van der Waals surface area (Å²) in [5, 5.41) is 13.5. The first-order valence-corrected chi connectivity index (χ1v) is 12.0. The van der Waals surface area contributed by atoms with Crippen molar-refractivity contribution < 1.29 is 18.0 Å². The number of anilines is 2. The van der Waals surface area contributed by atoms with Crippen LogP contribution in [0.15, 0.2) is 46.9 Å². The van der Waals surface area contributed by atoms with E-state index in [0.29, 0.717) is 12.6 Å². The molecule has 1 aromatic heterocycles. The largest absolute Gasteiger partial charge is 0.403 e. The van der Waals surface area contributed by atoms with Crippen molar-refractivity contribution in [2.45, 2.75) is 25.3 Å². The number of rotatable bonds is 8. The number of amides is 1. The Kier molecular flexibility index (Phi) is 7.01. The number of nitrogens with zero attached hydrogens (tertiary/aromatic N) is 4. The molecule has 3 aliphatic heterocycles. The minimum absolute atomic E-state index is 0.0375. The Morgan fingerprint density at radius 3 is 2.66 bits per heavy atom. The molecule has 6 rings (SSSR count). The molecular weight excluding hydrogens is 454 g/mol. The summed E-state index contributed by atoms with van der Waals surface area (Å²) in [6.45, 7) is 6.37. The monoisotopic (exact) mass is 482 g/mol. The van der Waals surface area contributed by atoms with Gasteiger partial charge in [-0.1, -0.05) is 17.2 Å². The molecule has 0 atom stereocenters. The molecule has 3 aliphatic rings. The Balaban J connectivity index is 1.14. The first-order valence-electron chi connectivity index (χ1n) is 12.0. The fourth-order valence-electron chi connectivity index (χ4n) is 4.75. The summed E-state index contributed by atoms with van der Waals surface area (Å²) in [5.74, 6) is -1.91. The van der Waals surface area contributed by atoms with Crippen molar-refractivity contribution in [1.82, 2.24) is 20.0 Å². The fourth-order valence-corrected chi connectivity index (χ4v) is 4.75. The number of hydrogen-bond donors (Lipinski definition) is 2. The van der Waals surface area contributed by atoms with E-state index in [2.05, 4.69) is 30.6 Å². The first kappa shape index (κ1) is 23.4. The third-order valence-electron chi connectivity index (χ3n) is 6.68. The van der Waals surface area contributed by atoms with Gasteiger partial charge in [-0.05, 0) is 62.7 Å². The smallest absolute Gasteiger partial charge is 0.315 e. The summed E-state index contributed by atoms with van der Waals surface area (Å²) in [4.78, 5) is 17.4. The highest BCUT2D eigenvalue weighted by atomic mass is 19.1. The lowest BCUT2D eigenvalue weighted by Crippen LogP contribution is -2.38. The molecule has 2 bridgehead atoms. The molecule has 2 N–H and O–H groups in total. The topological polar surface area (TPSA) is 86.5 Å². The maximum absolute atomic E-state index is 14.7. The van der Waals surface area contributed by atoms with Crippen molar-refractivity contribution in [3.63, 3.8) is 0 Å². The highest BCUT2D eigenvalue weighted by Gasteiger charge is 2.28. The Morgan fingerprint density at radius 2 is 1.86 bits per heavy atom. The zero-order chi connectivity index (χ0) is 24.2. The molecule has 0 saturated carbocycles. The highest BCUT2D eigenvalue weighted by molar-refractivity contribution is 6.04. The standard InChI is InChI=1S/C25H28F2N6O2/c26-21-5-2-1-4-19(21)23(34)29-17-6-7-20(22(27)16-17)24-30-31-25(35-24)28-10-3-11-33-15-14-32-12-8-18(33)9-13-32/h1-2,4-7,16,18H,3,8-15H2,(H,28,31)(H,29,34). The third-order valence-corrected chi connectivity index (χ3v) is 6.68. The van der Waals surface area contributed by atoms with Crippen LogP contribution in [0.4, 0.5) is 20.5 Å². The summed E-state index contributed by atoms with van der Waals surface area (Å²) in [6, 6.07) is 10.6. The number of piperidine rings is 1. The molecule has 3 fully saturated rings. The number of nitrogens with one attached hydrogen (secondary N) is 2. The maximum atomic E-state index is 14.7. The molecule has 3 aromatic rings. The number of benzene rings is 2. The zero-order valence-corrected chi connectivity index (χ0v) is 19.3. The van der Waals surface area contributed by atoms with Crippen LogP contribution in [0, 0.1) is 11.6 Å². The van der Waals surface area contributed by atoms with Crippen LogP contribution in [0.25, 0.3) is 11.5 Å². The summed E-state index contributed by atoms with van der Waals surface area (Å²) in [6.07, 6.45) is 3.44. The van der Waals surface area contributed by atoms with E-state index in [1.807, 2.05) is 0 Å². The number of halogens is 2. The van der Waals surface area contributed by atoms with Gasteiger partial charge in [-0.25, -0.2) is 8.78 Å². The van der Waals surface area contributed by atoms with Crippen LogP contribution in [-0.4, -0.2) is 71.2 Å². The van der Waals surface area contributed by atoms with Gasteiger partial charge in [0.2, 0.25) is 0 Å². The van der Waals surface area contributed by atoms with Crippen LogP contribution in [-0.2, 0) is 0 Å². The lowest BCUT2D eigenvalue weighted by Gasteiger charge is -2.31. The van der Waals surface area contributed by atoms with Crippen LogP contribution in [0.1, 0.15) is 29.6 Å². The molecule has 0 radical (unpaired) electrons. The van der Waals surface area contributed by atoms with Crippen molar-refractivity contribution in [2.24, 2.45) is 0 Å². The zero-order valence-electron chi connectivity index (χ0n) is 19.3. The molecule has 10 heteroatoms. The molecule has 0 aliphatic carbocycles. The van der Waals surface area contributed by atoms with Gasteiger partial charge in [0.15, 0.2) is 0 Å².